The van der Waals surface area contributed by atoms with E-state index in [1.807, 2.05) is 12.1 Å². The van der Waals surface area contributed by atoms with Crippen molar-refractivity contribution in [2.45, 2.75) is 12.8 Å². The van der Waals surface area contributed by atoms with Gasteiger partial charge >= 0.3 is 0 Å². The minimum atomic E-state index is 0.711. The van der Waals surface area contributed by atoms with Crippen LogP contribution in [-0.4, -0.2) is 5.88 Å². The molecule has 0 aromatic heterocycles. The molecule has 0 aliphatic carbocycles. The zero-order valence-electron chi connectivity index (χ0n) is 6.49. The average Bonchev–Trinajstić information content (AvgIpc) is 1.99. The number of hydrogen-bond acceptors (Lipinski definition) is 0. The Hall–Kier alpha value is 0.530. The van der Waals surface area contributed by atoms with Crippen molar-refractivity contribution in [3.8, 4) is 0 Å². The molecule has 66 valence electrons. The maximum Gasteiger partial charge on any atom is 0.0419 e. The van der Waals surface area contributed by atoms with Crippen LogP contribution in [0, 0.1) is 3.57 Å². The first-order valence-corrected chi connectivity index (χ1v) is 5.72. The molecular weight excluding hydrogens is 306 g/mol. The largest absolute Gasteiger partial charge is 0.127 e. The van der Waals surface area contributed by atoms with E-state index in [1.165, 1.54) is 9.13 Å². The molecule has 0 amide bonds. The summed E-state index contributed by atoms with van der Waals surface area (Å²) in [5, 5.41) is 0.812. The SMILES string of the molecule is ClCCCc1cc(Cl)cc(I)c1. The summed E-state index contributed by atoms with van der Waals surface area (Å²) < 4.78 is 1.18. The molecule has 0 atom stereocenters. The highest BCUT2D eigenvalue weighted by molar-refractivity contribution is 14.1. The molecule has 0 radical (unpaired) electrons. The predicted molar refractivity (Wildman–Crippen MR) is 63.2 cm³/mol. The molecule has 0 N–H and O–H groups in total. The smallest absolute Gasteiger partial charge is 0.0419 e. The van der Waals surface area contributed by atoms with E-state index < -0.39 is 0 Å². The van der Waals surface area contributed by atoms with Gasteiger partial charge in [-0.3, -0.25) is 0 Å². The lowest BCUT2D eigenvalue weighted by Gasteiger charge is -2.00. The van der Waals surface area contributed by atoms with E-state index in [0.29, 0.717) is 5.88 Å². The third kappa shape index (κ3) is 3.50. The minimum absolute atomic E-state index is 0.711. The highest BCUT2D eigenvalue weighted by Gasteiger charge is 1.97. The summed E-state index contributed by atoms with van der Waals surface area (Å²) in [5.41, 5.74) is 1.27. The standard InChI is InChI=1S/C9H9Cl2I/c10-3-1-2-7-4-8(11)6-9(12)5-7/h4-6H,1-3H2. The average molecular weight is 315 g/mol. The van der Waals surface area contributed by atoms with Crippen LogP contribution in [0.3, 0.4) is 0 Å². The van der Waals surface area contributed by atoms with Gasteiger partial charge in [0.15, 0.2) is 0 Å². The molecule has 0 unspecified atom stereocenters. The molecule has 0 saturated carbocycles. The van der Waals surface area contributed by atoms with Crippen molar-refractivity contribution < 1.29 is 0 Å². The molecule has 0 aliphatic rings. The van der Waals surface area contributed by atoms with Gasteiger partial charge in [-0.15, -0.1) is 11.6 Å². The number of benzene rings is 1. The molecule has 0 saturated heterocycles. The molecule has 1 rings (SSSR count). The highest BCUT2D eigenvalue weighted by Crippen LogP contribution is 2.17. The van der Waals surface area contributed by atoms with Crippen molar-refractivity contribution in [2.24, 2.45) is 0 Å². The molecule has 0 nitrogen and oxygen atoms in total. The van der Waals surface area contributed by atoms with Crippen molar-refractivity contribution in [3.63, 3.8) is 0 Å². The van der Waals surface area contributed by atoms with Gasteiger partial charge in [-0.05, 0) is 59.2 Å². The second-order valence-electron chi connectivity index (χ2n) is 2.57. The summed E-state index contributed by atoms with van der Waals surface area (Å²) in [4.78, 5) is 0. The van der Waals surface area contributed by atoms with E-state index in [-0.39, 0.29) is 0 Å². The zero-order valence-corrected chi connectivity index (χ0v) is 10.2. The molecule has 1 aromatic carbocycles. The molecule has 3 heteroatoms. The summed E-state index contributed by atoms with van der Waals surface area (Å²) in [6.45, 7) is 0. The summed E-state index contributed by atoms with van der Waals surface area (Å²) in [6, 6.07) is 6.08. The zero-order chi connectivity index (χ0) is 8.97. The van der Waals surface area contributed by atoms with Crippen LogP contribution in [0.4, 0.5) is 0 Å². The summed E-state index contributed by atoms with van der Waals surface area (Å²) in [7, 11) is 0. The molecular formula is C9H9Cl2I. The Morgan fingerprint density at radius 2 is 2.00 bits per heavy atom. The Labute approximate surface area is 96.4 Å². The fraction of sp³-hybridized carbons (Fsp3) is 0.333. The fourth-order valence-electron chi connectivity index (χ4n) is 1.03. The predicted octanol–water partition coefficient (Wildman–Crippen LogP) is 4.12. The molecule has 12 heavy (non-hydrogen) atoms. The van der Waals surface area contributed by atoms with Crippen LogP contribution in [-0.2, 0) is 6.42 Å². The van der Waals surface area contributed by atoms with Gasteiger partial charge in [-0.25, -0.2) is 0 Å². The number of hydrogen-bond donors (Lipinski definition) is 0. The van der Waals surface area contributed by atoms with Gasteiger partial charge in [-0.1, -0.05) is 11.6 Å². The third-order valence-corrected chi connectivity index (χ3v) is 2.63. The first kappa shape index (κ1) is 10.6. The second kappa shape index (κ2) is 5.30. The first-order chi connectivity index (χ1) is 5.72. The third-order valence-electron chi connectivity index (χ3n) is 1.52. The van der Waals surface area contributed by atoms with E-state index in [2.05, 4.69) is 28.7 Å². The van der Waals surface area contributed by atoms with Gasteiger partial charge in [0.25, 0.3) is 0 Å². The number of alkyl halides is 1. The van der Waals surface area contributed by atoms with Crippen LogP contribution >= 0.6 is 45.8 Å². The van der Waals surface area contributed by atoms with E-state index in [9.17, 15) is 0 Å². The quantitative estimate of drug-likeness (QED) is 0.581. The normalized spacial score (nSPS) is 10.2. The minimum Gasteiger partial charge on any atom is -0.127 e. The van der Waals surface area contributed by atoms with Crippen molar-refractivity contribution in [1.82, 2.24) is 0 Å². The van der Waals surface area contributed by atoms with Crippen molar-refractivity contribution in [1.29, 1.82) is 0 Å². The van der Waals surface area contributed by atoms with Crippen LogP contribution in [0.1, 0.15) is 12.0 Å². The van der Waals surface area contributed by atoms with Crippen LogP contribution in [0.5, 0.6) is 0 Å². The van der Waals surface area contributed by atoms with E-state index in [1.54, 1.807) is 0 Å². The first-order valence-electron chi connectivity index (χ1n) is 3.73. The Bertz CT molecular complexity index is 240. The topological polar surface area (TPSA) is 0 Å². The molecule has 0 heterocycles. The Morgan fingerprint density at radius 1 is 1.25 bits per heavy atom. The molecule has 1 aromatic rings. The van der Waals surface area contributed by atoms with Gasteiger partial charge in [0.1, 0.15) is 0 Å². The van der Waals surface area contributed by atoms with E-state index >= 15 is 0 Å². The maximum atomic E-state index is 5.89. The van der Waals surface area contributed by atoms with Crippen LogP contribution in [0.25, 0.3) is 0 Å². The number of rotatable bonds is 3. The molecule has 0 aliphatic heterocycles. The Morgan fingerprint density at radius 3 is 2.58 bits per heavy atom. The number of halogens is 3. The van der Waals surface area contributed by atoms with E-state index in [4.69, 9.17) is 23.2 Å². The van der Waals surface area contributed by atoms with E-state index in [0.717, 1.165) is 17.9 Å². The van der Waals surface area contributed by atoms with Gasteiger partial charge < -0.3 is 0 Å². The molecule has 0 spiro atoms. The second-order valence-corrected chi connectivity index (χ2v) is 4.63. The maximum absolute atomic E-state index is 5.89. The van der Waals surface area contributed by atoms with Gasteiger partial charge in [0.2, 0.25) is 0 Å². The lowest BCUT2D eigenvalue weighted by molar-refractivity contribution is 0.928. The monoisotopic (exact) mass is 314 g/mol. The van der Waals surface area contributed by atoms with Crippen molar-refractivity contribution >= 4 is 45.8 Å². The number of aryl methyl sites for hydroxylation is 1. The lowest BCUT2D eigenvalue weighted by atomic mass is 10.1. The summed E-state index contributed by atoms with van der Waals surface area (Å²) >= 11 is 13.8. The lowest BCUT2D eigenvalue weighted by Crippen LogP contribution is -1.87. The van der Waals surface area contributed by atoms with Gasteiger partial charge in [0.05, 0.1) is 0 Å². The van der Waals surface area contributed by atoms with Crippen LogP contribution in [0.2, 0.25) is 5.02 Å². The van der Waals surface area contributed by atoms with Gasteiger partial charge in [-0.2, -0.15) is 0 Å². The van der Waals surface area contributed by atoms with Crippen LogP contribution in [0.15, 0.2) is 18.2 Å². The molecule has 0 bridgehead atoms. The Balaban J connectivity index is 2.72. The molecule has 0 fully saturated rings. The fourth-order valence-corrected chi connectivity index (χ4v) is 2.34. The van der Waals surface area contributed by atoms with Crippen LogP contribution < -0.4 is 0 Å². The summed E-state index contributed by atoms with van der Waals surface area (Å²) in [6.07, 6.45) is 2.03. The van der Waals surface area contributed by atoms with Crippen molar-refractivity contribution in [2.75, 3.05) is 5.88 Å². The summed E-state index contributed by atoms with van der Waals surface area (Å²) in [5.74, 6) is 0.711. The Kier molecular flexibility index (Phi) is 4.69. The highest BCUT2D eigenvalue weighted by atomic mass is 127. The van der Waals surface area contributed by atoms with Crippen molar-refractivity contribution in [3.05, 3.63) is 32.4 Å². The van der Waals surface area contributed by atoms with Gasteiger partial charge in [0, 0.05) is 14.5 Å².